The van der Waals surface area contributed by atoms with Gasteiger partial charge in [-0.15, -0.1) is 0 Å². The zero-order valence-electron chi connectivity index (χ0n) is 11.6. The van der Waals surface area contributed by atoms with E-state index in [4.69, 9.17) is 10.5 Å². The fourth-order valence-electron chi connectivity index (χ4n) is 1.80. The van der Waals surface area contributed by atoms with Crippen molar-refractivity contribution in [3.8, 4) is 5.75 Å². The molecule has 0 fully saturated rings. The third-order valence-electron chi connectivity index (χ3n) is 3.00. The third-order valence-corrected chi connectivity index (χ3v) is 3.62. The summed E-state index contributed by atoms with van der Waals surface area (Å²) in [6.07, 6.45) is 0. The molecule has 0 atom stereocenters. The lowest BCUT2D eigenvalue weighted by atomic mass is 10.1. The van der Waals surface area contributed by atoms with E-state index in [-0.39, 0.29) is 5.97 Å². The van der Waals surface area contributed by atoms with E-state index in [2.05, 4.69) is 20.7 Å². The van der Waals surface area contributed by atoms with Crippen LogP contribution >= 0.6 is 15.9 Å². The van der Waals surface area contributed by atoms with Gasteiger partial charge in [0.25, 0.3) is 0 Å². The number of nitrogens with two attached hydrogens (primary N) is 1. The van der Waals surface area contributed by atoms with Gasteiger partial charge in [-0.05, 0) is 51.3 Å². The first-order valence-electron chi connectivity index (χ1n) is 6.42. The summed E-state index contributed by atoms with van der Waals surface area (Å²) in [4.78, 5) is 11.3. The molecule has 0 heterocycles. The van der Waals surface area contributed by atoms with Crippen LogP contribution in [0, 0.1) is 0 Å². The van der Waals surface area contributed by atoms with E-state index in [0.29, 0.717) is 18.7 Å². The summed E-state index contributed by atoms with van der Waals surface area (Å²) in [5, 5.41) is 0. The van der Waals surface area contributed by atoms with Crippen molar-refractivity contribution in [3.63, 3.8) is 0 Å². The molecule has 0 saturated carbocycles. The van der Waals surface area contributed by atoms with Crippen LogP contribution in [0.25, 0.3) is 0 Å². The van der Waals surface area contributed by atoms with Crippen LogP contribution in [0.15, 0.2) is 46.9 Å². The van der Waals surface area contributed by atoms with Crippen molar-refractivity contribution in [2.75, 3.05) is 7.11 Å². The van der Waals surface area contributed by atoms with Crippen LogP contribution in [0.2, 0.25) is 0 Å². The fraction of sp³-hybridized carbons (Fsp3) is 0.188. The van der Waals surface area contributed by atoms with Crippen molar-refractivity contribution in [2.24, 2.45) is 5.73 Å². The van der Waals surface area contributed by atoms with Gasteiger partial charge in [-0.25, -0.2) is 4.79 Å². The standard InChI is InChI=1S/C16H16BrNO3/c1-20-16(19)13-5-2-11(3-6-13)10-21-15-7-4-12(9-18)8-14(15)17/h2-8H,9-10,18H2,1H3. The zero-order valence-corrected chi connectivity index (χ0v) is 13.2. The van der Waals surface area contributed by atoms with Gasteiger partial charge >= 0.3 is 5.97 Å². The maximum absolute atomic E-state index is 11.3. The highest BCUT2D eigenvalue weighted by molar-refractivity contribution is 9.10. The molecule has 0 aromatic heterocycles. The Balaban J connectivity index is 2.01. The van der Waals surface area contributed by atoms with Crippen molar-refractivity contribution >= 4 is 21.9 Å². The minimum absolute atomic E-state index is 0.345. The third kappa shape index (κ3) is 4.06. The van der Waals surface area contributed by atoms with Crippen LogP contribution in [0.4, 0.5) is 0 Å². The number of carbonyl (C=O) groups excluding carboxylic acids is 1. The number of halogens is 1. The highest BCUT2D eigenvalue weighted by Crippen LogP contribution is 2.26. The molecule has 21 heavy (non-hydrogen) atoms. The van der Waals surface area contributed by atoms with Crippen LogP contribution in [0.1, 0.15) is 21.5 Å². The number of esters is 1. The van der Waals surface area contributed by atoms with Crippen molar-refractivity contribution < 1.29 is 14.3 Å². The molecule has 0 spiro atoms. The minimum Gasteiger partial charge on any atom is -0.488 e. The highest BCUT2D eigenvalue weighted by Gasteiger charge is 2.06. The normalized spacial score (nSPS) is 10.2. The average molecular weight is 350 g/mol. The summed E-state index contributed by atoms with van der Waals surface area (Å²) in [6, 6.07) is 12.9. The molecule has 0 saturated heterocycles. The van der Waals surface area contributed by atoms with Crippen LogP contribution in [-0.4, -0.2) is 13.1 Å². The summed E-state index contributed by atoms with van der Waals surface area (Å²) in [6.45, 7) is 0.913. The lowest BCUT2D eigenvalue weighted by molar-refractivity contribution is 0.0600. The Morgan fingerprint density at radius 1 is 1.14 bits per heavy atom. The van der Waals surface area contributed by atoms with Crippen molar-refractivity contribution in [2.45, 2.75) is 13.2 Å². The summed E-state index contributed by atoms with van der Waals surface area (Å²) in [7, 11) is 1.36. The molecular formula is C16H16BrNO3. The lowest BCUT2D eigenvalue weighted by Gasteiger charge is -2.09. The molecule has 0 radical (unpaired) electrons. The minimum atomic E-state index is -0.345. The molecule has 0 aliphatic rings. The van der Waals surface area contributed by atoms with Crippen molar-refractivity contribution in [1.29, 1.82) is 0 Å². The van der Waals surface area contributed by atoms with Gasteiger partial charge in [0.2, 0.25) is 0 Å². The SMILES string of the molecule is COC(=O)c1ccc(COc2ccc(CN)cc2Br)cc1. The van der Waals surface area contributed by atoms with Gasteiger partial charge < -0.3 is 15.2 Å². The number of hydrogen-bond acceptors (Lipinski definition) is 4. The van der Waals surface area contributed by atoms with Gasteiger partial charge in [-0.1, -0.05) is 18.2 Å². The first-order valence-corrected chi connectivity index (χ1v) is 7.22. The smallest absolute Gasteiger partial charge is 0.337 e. The molecule has 2 aromatic rings. The van der Waals surface area contributed by atoms with Crippen LogP contribution in [0.5, 0.6) is 5.75 Å². The highest BCUT2D eigenvalue weighted by atomic mass is 79.9. The Morgan fingerprint density at radius 3 is 2.38 bits per heavy atom. The van der Waals surface area contributed by atoms with Crippen molar-refractivity contribution in [1.82, 2.24) is 0 Å². The van der Waals surface area contributed by atoms with Crippen LogP contribution in [-0.2, 0) is 17.9 Å². The zero-order chi connectivity index (χ0) is 15.2. The second kappa shape index (κ2) is 7.24. The summed E-state index contributed by atoms with van der Waals surface area (Å²) in [5.74, 6) is 0.409. The summed E-state index contributed by atoms with van der Waals surface area (Å²) in [5.41, 5.74) is 8.12. The van der Waals surface area contributed by atoms with E-state index in [0.717, 1.165) is 21.3 Å². The Bertz CT molecular complexity index is 626. The fourth-order valence-corrected chi connectivity index (χ4v) is 2.35. The molecule has 2 rings (SSSR count). The van der Waals surface area contributed by atoms with E-state index < -0.39 is 0 Å². The number of benzene rings is 2. The Labute approximate surface area is 132 Å². The molecule has 0 aliphatic heterocycles. The van der Waals surface area contributed by atoms with E-state index >= 15 is 0 Å². The van der Waals surface area contributed by atoms with E-state index in [1.54, 1.807) is 12.1 Å². The number of ether oxygens (including phenoxy) is 2. The van der Waals surface area contributed by atoms with Gasteiger partial charge in [-0.3, -0.25) is 0 Å². The Morgan fingerprint density at radius 2 is 1.81 bits per heavy atom. The number of hydrogen-bond donors (Lipinski definition) is 1. The van der Waals surface area contributed by atoms with Gasteiger partial charge in [0.05, 0.1) is 17.1 Å². The van der Waals surface area contributed by atoms with Gasteiger partial charge in [0, 0.05) is 6.54 Å². The van der Waals surface area contributed by atoms with Crippen LogP contribution < -0.4 is 10.5 Å². The number of methoxy groups -OCH3 is 1. The second-order valence-corrected chi connectivity index (χ2v) is 5.30. The molecular weight excluding hydrogens is 334 g/mol. The molecule has 0 unspecified atom stereocenters. The largest absolute Gasteiger partial charge is 0.488 e. The summed E-state index contributed by atoms with van der Waals surface area (Å²) < 4.78 is 11.3. The average Bonchev–Trinajstić information content (AvgIpc) is 2.53. The molecule has 0 aliphatic carbocycles. The molecule has 0 bridgehead atoms. The number of rotatable bonds is 5. The second-order valence-electron chi connectivity index (χ2n) is 4.45. The topological polar surface area (TPSA) is 61.5 Å². The van der Waals surface area contributed by atoms with Gasteiger partial charge in [-0.2, -0.15) is 0 Å². The monoisotopic (exact) mass is 349 g/mol. The summed E-state index contributed by atoms with van der Waals surface area (Å²) >= 11 is 3.46. The van der Waals surface area contributed by atoms with Crippen molar-refractivity contribution in [3.05, 3.63) is 63.6 Å². The first kappa shape index (κ1) is 15.5. The maximum Gasteiger partial charge on any atom is 0.337 e. The predicted molar refractivity (Wildman–Crippen MR) is 84.1 cm³/mol. The maximum atomic E-state index is 11.3. The quantitative estimate of drug-likeness (QED) is 0.841. The lowest BCUT2D eigenvalue weighted by Crippen LogP contribution is -2.02. The first-order chi connectivity index (χ1) is 10.1. The molecule has 2 N–H and O–H groups in total. The number of carbonyl (C=O) groups is 1. The van der Waals surface area contributed by atoms with E-state index in [1.165, 1.54) is 7.11 Å². The van der Waals surface area contributed by atoms with Gasteiger partial charge in [0.1, 0.15) is 12.4 Å². The molecule has 4 nitrogen and oxygen atoms in total. The molecule has 2 aromatic carbocycles. The van der Waals surface area contributed by atoms with E-state index in [1.807, 2.05) is 30.3 Å². The van der Waals surface area contributed by atoms with Gasteiger partial charge in [0.15, 0.2) is 0 Å². The molecule has 5 heteroatoms. The van der Waals surface area contributed by atoms with Crippen LogP contribution in [0.3, 0.4) is 0 Å². The molecule has 110 valence electrons. The molecule has 0 amide bonds. The van der Waals surface area contributed by atoms with E-state index in [9.17, 15) is 4.79 Å². The Hall–Kier alpha value is -1.85. The predicted octanol–water partition coefficient (Wildman–Crippen LogP) is 3.27. The Kier molecular flexibility index (Phi) is 5.36.